The molecule has 0 radical (unpaired) electrons. The van der Waals surface area contributed by atoms with E-state index < -0.39 is 0 Å². The van der Waals surface area contributed by atoms with E-state index in [-0.39, 0.29) is 23.0 Å². The van der Waals surface area contributed by atoms with Gasteiger partial charge in [-0.25, -0.2) is 0 Å². The van der Waals surface area contributed by atoms with Crippen molar-refractivity contribution in [2.75, 3.05) is 0 Å². The summed E-state index contributed by atoms with van der Waals surface area (Å²) in [4.78, 5) is 0. The lowest BCUT2D eigenvalue weighted by Gasteiger charge is -2.35. The monoisotopic (exact) mass is 734 g/mol. The Kier molecular flexibility index (Phi) is 6.19. The van der Waals surface area contributed by atoms with Crippen LogP contribution < -0.4 is 16.4 Å². The van der Waals surface area contributed by atoms with Gasteiger partial charge in [0.2, 0.25) is 0 Å². The Morgan fingerprint density at radius 1 is 0.368 bits per heavy atom. The van der Waals surface area contributed by atoms with E-state index in [0.29, 0.717) is 0 Å². The van der Waals surface area contributed by atoms with Gasteiger partial charge in [0.25, 0.3) is 6.71 Å². The van der Waals surface area contributed by atoms with Crippen molar-refractivity contribution in [2.24, 2.45) is 0 Å². The Bertz CT molecular complexity index is 3420. The summed E-state index contributed by atoms with van der Waals surface area (Å²) in [5, 5.41) is 13.3. The van der Waals surface area contributed by atoms with Crippen molar-refractivity contribution in [2.45, 2.75) is 78.6 Å². The zero-order chi connectivity index (χ0) is 39.1. The van der Waals surface area contributed by atoms with Gasteiger partial charge in [-0.1, -0.05) is 147 Å². The molecular weight excluding hydrogens is 687 g/mol. The fraction of sp³-hybridized carbons (Fsp3) is 0.222. The van der Waals surface area contributed by atoms with E-state index in [2.05, 4.69) is 193 Å². The molecule has 276 valence electrons. The maximum Gasteiger partial charge on any atom is 0.252 e. The Morgan fingerprint density at radius 3 is 1.44 bits per heavy atom. The van der Waals surface area contributed by atoms with E-state index in [1.54, 1.807) is 0 Å². The predicted octanol–water partition coefficient (Wildman–Crippen LogP) is 12.4. The highest BCUT2D eigenvalue weighted by Crippen LogP contribution is 2.46. The normalized spacial score (nSPS) is 14.0. The first kappa shape index (κ1) is 33.4. The highest BCUT2D eigenvalue weighted by molar-refractivity contribution is 7.00. The van der Waals surface area contributed by atoms with Crippen LogP contribution in [-0.2, 0) is 16.2 Å². The molecule has 2 aliphatic rings. The summed E-state index contributed by atoms with van der Waals surface area (Å²) in [5.41, 5.74) is 16.3. The molecule has 0 atom stereocenters. The largest absolute Gasteiger partial charge is 0.310 e. The third-order valence-corrected chi connectivity index (χ3v) is 13.7. The summed E-state index contributed by atoms with van der Waals surface area (Å²) in [5.74, 6) is 0. The second kappa shape index (κ2) is 10.6. The molecule has 0 N–H and O–H groups in total. The maximum atomic E-state index is 2.69. The minimum Gasteiger partial charge on any atom is -0.310 e. The summed E-state index contributed by atoms with van der Waals surface area (Å²) in [6, 6.07) is 47.5. The van der Waals surface area contributed by atoms with Crippen molar-refractivity contribution in [1.82, 2.24) is 9.13 Å². The molecule has 0 bridgehead atoms. The predicted molar refractivity (Wildman–Crippen MR) is 248 cm³/mol. The molecule has 0 amide bonds. The van der Waals surface area contributed by atoms with Crippen molar-refractivity contribution >= 4 is 99.0 Å². The van der Waals surface area contributed by atoms with Crippen molar-refractivity contribution in [3.05, 3.63) is 138 Å². The topological polar surface area (TPSA) is 9.86 Å². The second-order valence-corrected chi connectivity index (χ2v) is 20.2. The van der Waals surface area contributed by atoms with Crippen molar-refractivity contribution in [3.8, 4) is 11.4 Å². The summed E-state index contributed by atoms with van der Waals surface area (Å²) in [7, 11) is 0. The van der Waals surface area contributed by atoms with Gasteiger partial charge in [-0.05, 0) is 113 Å². The maximum absolute atomic E-state index is 2.69. The van der Waals surface area contributed by atoms with Gasteiger partial charge in [-0.3, -0.25) is 0 Å². The van der Waals surface area contributed by atoms with E-state index in [1.807, 2.05) is 0 Å². The van der Waals surface area contributed by atoms with E-state index in [0.717, 1.165) is 0 Å². The zero-order valence-electron chi connectivity index (χ0n) is 34.5. The Morgan fingerprint density at radius 2 is 0.842 bits per heavy atom. The van der Waals surface area contributed by atoms with E-state index in [4.69, 9.17) is 0 Å². The van der Waals surface area contributed by atoms with Crippen LogP contribution in [0.25, 0.3) is 87.3 Å². The molecule has 2 nitrogen and oxygen atoms in total. The van der Waals surface area contributed by atoms with Crippen molar-refractivity contribution in [1.29, 1.82) is 0 Å². The smallest absolute Gasteiger partial charge is 0.252 e. The average molecular weight is 735 g/mol. The Balaban J connectivity index is 1.33. The lowest BCUT2D eigenvalue weighted by molar-refractivity contribution is 0.590. The van der Waals surface area contributed by atoms with Crippen LogP contribution in [0.5, 0.6) is 0 Å². The summed E-state index contributed by atoms with van der Waals surface area (Å²) in [6.45, 7) is 21.3. The first-order valence-electron chi connectivity index (χ1n) is 20.8. The number of aromatic nitrogens is 2. The molecule has 3 heteroatoms. The van der Waals surface area contributed by atoms with Gasteiger partial charge in [-0.2, -0.15) is 0 Å². The Labute approximate surface area is 334 Å². The minimum atomic E-state index is -0.0336. The van der Waals surface area contributed by atoms with Gasteiger partial charge in [0.1, 0.15) is 0 Å². The zero-order valence-corrected chi connectivity index (χ0v) is 34.5. The lowest BCUT2D eigenvalue weighted by atomic mass is 9.34. The molecule has 4 heterocycles. The number of nitrogens with zero attached hydrogens (tertiary/aromatic N) is 2. The number of benzene rings is 8. The number of hydrogen-bond donors (Lipinski definition) is 0. The van der Waals surface area contributed by atoms with E-state index in [9.17, 15) is 0 Å². The standard InChI is InChI=1S/C54H47BN2/c1-52(2,3)30-21-24-44-39(25-30)41-27-32(54(7,8)9)28-42-49(41)56(44)45-19-14-20-46-48(45)55(42)43-29-31(53(4,5)6)26-40-38-23-22-37-35-17-11-10-15-33(35)34-16-12-13-18-36(34)47(37)51(38)57(46)50(40)43/h10-29H,1-9H3. The summed E-state index contributed by atoms with van der Waals surface area (Å²) >= 11 is 0. The molecule has 0 saturated carbocycles. The van der Waals surface area contributed by atoms with Crippen LogP contribution in [0.15, 0.2) is 121 Å². The van der Waals surface area contributed by atoms with Gasteiger partial charge in [0.15, 0.2) is 0 Å². The van der Waals surface area contributed by atoms with Gasteiger partial charge in [0, 0.05) is 49.3 Å². The van der Waals surface area contributed by atoms with Crippen LogP contribution in [-0.4, -0.2) is 15.8 Å². The van der Waals surface area contributed by atoms with Crippen LogP contribution in [0, 0.1) is 0 Å². The third kappa shape index (κ3) is 4.22. The highest BCUT2D eigenvalue weighted by Gasteiger charge is 2.42. The van der Waals surface area contributed by atoms with Crippen LogP contribution in [0.2, 0.25) is 0 Å². The van der Waals surface area contributed by atoms with Crippen molar-refractivity contribution < 1.29 is 0 Å². The number of rotatable bonds is 0. The molecule has 10 aromatic rings. The molecule has 0 saturated heterocycles. The molecule has 2 aliphatic heterocycles. The van der Waals surface area contributed by atoms with Crippen LogP contribution >= 0.6 is 0 Å². The van der Waals surface area contributed by atoms with Crippen LogP contribution in [0.1, 0.15) is 79.0 Å². The Hall–Kier alpha value is -5.80. The molecule has 0 aliphatic carbocycles. The second-order valence-electron chi connectivity index (χ2n) is 20.2. The fourth-order valence-corrected chi connectivity index (χ4v) is 10.8. The first-order valence-corrected chi connectivity index (χ1v) is 20.8. The van der Waals surface area contributed by atoms with E-state index >= 15 is 0 Å². The number of fused-ring (bicyclic) bond motifs is 17. The lowest BCUT2D eigenvalue weighted by Crippen LogP contribution is -2.59. The van der Waals surface area contributed by atoms with Gasteiger partial charge >= 0.3 is 0 Å². The molecule has 8 aromatic carbocycles. The number of hydrogen-bond acceptors (Lipinski definition) is 0. The molecule has 12 rings (SSSR count). The van der Waals surface area contributed by atoms with Gasteiger partial charge in [0.05, 0.1) is 11.0 Å². The summed E-state index contributed by atoms with van der Waals surface area (Å²) < 4.78 is 5.31. The molecule has 0 spiro atoms. The third-order valence-electron chi connectivity index (χ3n) is 13.7. The average Bonchev–Trinajstić information content (AvgIpc) is 3.70. The van der Waals surface area contributed by atoms with Crippen molar-refractivity contribution in [3.63, 3.8) is 0 Å². The highest BCUT2D eigenvalue weighted by atomic mass is 15.0. The minimum absolute atomic E-state index is 0.0184. The van der Waals surface area contributed by atoms with Gasteiger partial charge < -0.3 is 9.13 Å². The first-order chi connectivity index (χ1) is 27.2. The van der Waals surface area contributed by atoms with Crippen LogP contribution in [0.3, 0.4) is 0 Å². The molecular formula is C54H47BN2. The molecule has 0 unspecified atom stereocenters. The fourth-order valence-electron chi connectivity index (χ4n) is 10.8. The summed E-state index contributed by atoms with van der Waals surface area (Å²) in [6.07, 6.45) is 0. The van der Waals surface area contributed by atoms with E-state index in [1.165, 1.54) is 120 Å². The molecule has 57 heavy (non-hydrogen) atoms. The SMILES string of the molecule is CC(C)(C)c1ccc2c(c1)c1cc(C(C)(C)C)cc3c1n2-c1cccc2c1B3c1cc(C(C)(C)C)cc3c4ccc5c6ccccc6c6ccccc6c5c4n-2c13. The van der Waals surface area contributed by atoms with Gasteiger partial charge in [-0.15, -0.1) is 0 Å². The van der Waals surface area contributed by atoms with Crippen LogP contribution in [0.4, 0.5) is 0 Å². The quantitative estimate of drug-likeness (QED) is 0.108. The molecule has 2 aromatic heterocycles. The molecule has 0 fully saturated rings.